The number of ether oxygens (including phenoxy) is 1. The summed E-state index contributed by atoms with van der Waals surface area (Å²) in [5.74, 6) is 0.250. The third kappa shape index (κ3) is 3.37. The van der Waals surface area contributed by atoms with E-state index >= 15 is 0 Å². The predicted molar refractivity (Wildman–Crippen MR) is 59.4 cm³/mol. The van der Waals surface area contributed by atoms with E-state index in [0.717, 1.165) is 0 Å². The molecule has 0 radical (unpaired) electrons. The molecule has 1 aromatic rings. The van der Waals surface area contributed by atoms with Crippen molar-refractivity contribution in [3.63, 3.8) is 0 Å². The molecule has 5 N–H and O–H groups in total. The summed E-state index contributed by atoms with van der Waals surface area (Å²) in [5.41, 5.74) is 5.92. The first-order chi connectivity index (χ1) is 7.45. The molecule has 90 valence electrons. The highest BCUT2D eigenvalue weighted by atomic mass is 32.2. The van der Waals surface area contributed by atoms with E-state index in [-0.39, 0.29) is 23.9 Å². The topological polar surface area (TPSA) is 116 Å². The van der Waals surface area contributed by atoms with E-state index in [1.54, 1.807) is 0 Å². The second-order valence-corrected chi connectivity index (χ2v) is 4.73. The molecule has 0 saturated heterocycles. The normalized spacial score (nSPS) is 11.4. The van der Waals surface area contributed by atoms with Crippen molar-refractivity contribution in [2.75, 3.05) is 18.9 Å². The van der Waals surface area contributed by atoms with Crippen molar-refractivity contribution in [2.45, 2.75) is 11.3 Å². The fourth-order valence-corrected chi connectivity index (χ4v) is 1.59. The number of nitrogen functional groups attached to an aromatic ring is 1. The van der Waals surface area contributed by atoms with Gasteiger partial charge in [0.15, 0.2) is 0 Å². The molecule has 0 fully saturated rings. The Morgan fingerprint density at radius 3 is 2.62 bits per heavy atom. The molecule has 0 bridgehead atoms. The van der Waals surface area contributed by atoms with Gasteiger partial charge in [-0.1, -0.05) is 0 Å². The minimum atomic E-state index is -3.76. The first kappa shape index (κ1) is 12.8. The molecule has 0 heterocycles. The lowest BCUT2D eigenvalue weighted by Gasteiger charge is -2.09. The predicted octanol–water partition coefficient (Wildman–Crippen LogP) is -0.323. The highest BCUT2D eigenvalue weighted by Gasteiger charge is 2.10. The molecule has 0 aliphatic heterocycles. The Labute approximate surface area is 93.9 Å². The lowest BCUT2D eigenvalue weighted by molar-refractivity contribution is 0.234. The maximum atomic E-state index is 11.1. The Kier molecular flexibility index (Phi) is 4.11. The number of rotatable bonds is 5. The first-order valence-corrected chi connectivity index (χ1v) is 6.16. The van der Waals surface area contributed by atoms with Crippen LogP contribution in [0.5, 0.6) is 5.75 Å². The van der Waals surface area contributed by atoms with Gasteiger partial charge in [-0.15, -0.1) is 0 Å². The van der Waals surface area contributed by atoms with Crippen LogP contribution in [0.15, 0.2) is 23.1 Å². The second kappa shape index (κ2) is 5.15. The van der Waals surface area contributed by atoms with Gasteiger partial charge >= 0.3 is 0 Å². The highest BCUT2D eigenvalue weighted by molar-refractivity contribution is 7.89. The highest BCUT2D eigenvalue weighted by Crippen LogP contribution is 2.24. The number of aliphatic hydroxyl groups is 1. The van der Waals surface area contributed by atoms with Crippen LogP contribution in [0.25, 0.3) is 0 Å². The number of nitrogens with two attached hydrogens (primary N) is 2. The lowest BCUT2D eigenvalue weighted by Crippen LogP contribution is -2.12. The van der Waals surface area contributed by atoms with Crippen molar-refractivity contribution in [2.24, 2.45) is 5.14 Å². The fourth-order valence-electron chi connectivity index (χ4n) is 1.06. The number of anilines is 1. The summed E-state index contributed by atoms with van der Waals surface area (Å²) >= 11 is 0. The van der Waals surface area contributed by atoms with Crippen molar-refractivity contribution >= 4 is 15.7 Å². The van der Waals surface area contributed by atoms with Crippen molar-refractivity contribution < 1.29 is 18.3 Å². The Balaban J connectivity index is 2.91. The van der Waals surface area contributed by atoms with Gasteiger partial charge in [0.25, 0.3) is 0 Å². The Morgan fingerprint density at radius 1 is 1.38 bits per heavy atom. The van der Waals surface area contributed by atoms with Crippen molar-refractivity contribution in [1.29, 1.82) is 0 Å². The van der Waals surface area contributed by atoms with Gasteiger partial charge in [-0.05, 0) is 12.1 Å². The van der Waals surface area contributed by atoms with Crippen LogP contribution in [0.4, 0.5) is 5.69 Å². The summed E-state index contributed by atoms with van der Waals surface area (Å²) in [5, 5.41) is 13.5. The van der Waals surface area contributed by atoms with E-state index in [9.17, 15) is 8.42 Å². The largest absolute Gasteiger partial charge is 0.491 e. The van der Waals surface area contributed by atoms with Crippen molar-refractivity contribution in [1.82, 2.24) is 0 Å². The summed E-state index contributed by atoms with van der Waals surface area (Å²) in [4.78, 5) is -0.0549. The van der Waals surface area contributed by atoms with Crippen LogP contribution in [-0.2, 0) is 10.0 Å². The fraction of sp³-hybridized carbons (Fsp3) is 0.333. The summed E-state index contributed by atoms with van der Waals surface area (Å²) < 4.78 is 27.3. The third-order valence-corrected chi connectivity index (χ3v) is 2.78. The van der Waals surface area contributed by atoms with Gasteiger partial charge in [0.1, 0.15) is 5.75 Å². The van der Waals surface area contributed by atoms with Gasteiger partial charge in [-0.3, -0.25) is 0 Å². The Hall–Kier alpha value is -1.31. The summed E-state index contributed by atoms with van der Waals surface area (Å²) in [7, 11) is -3.76. The molecule has 6 nitrogen and oxygen atoms in total. The molecule has 0 aliphatic carbocycles. The molecule has 0 aliphatic rings. The summed E-state index contributed by atoms with van der Waals surface area (Å²) in [6.45, 7) is 0.254. The number of hydrogen-bond donors (Lipinski definition) is 3. The lowest BCUT2D eigenvalue weighted by atomic mass is 10.3. The minimum absolute atomic E-state index is 0.00518. The quantitative estimate of drug-likeness (QED) is 0.486. The third-order valence-electron chi connectivity index (χ3n) is 1.87. The van der Waals surface area contributed by atoms with E-state index in [1.807, 2.05) is 0 Å². The van der Waals surface area contributed by atoms with Gasteiger partial charge in [0.05, 0.1) is 17.2 Å². The van der Waals surface area contributed by atoms with Crippen LogP contribution in [0.2, 0.25) is 0 Å². The molecule has 0 atom stereocenters. The van der Waals surface area contributed by atoms with Gasteiger partial charge in [-0.2, -0.15) is 0 Å². The monoisotopic (exact) mass is 246 g/mol. The standard InChI is InChI=1S/C9H14N2O4S/c10-8-3-2-7(16(11,13)14)6-9(8)15-5-1-4-12/h2-3,6,12H,1,4-5,10H2,(H2,11,13,14). The van der Waals surface area contributed by atoms with Gasteiger partial charge in [0.2, 0.25) is 10.0 Å². The Bertz CT molecular complexity index is 459. The average Bonchev–Trinajstić information content (AvgIpc) is 2.19. The molecule has 0 aromatic heterocycles. The zero-order valence-corrected chi connectivity index (χ0v) is 9.40. The number of aliphatic hydroxyl groups excluding tert-OH is 1. The van der Waals surface area contributed by atoms with Crippen LogP contribution in [0.1, 0.15) is 6.42 Å². The van der Waals surface area contributed by atoms with Crippen LogP contribution in [-0.4, -0.2) is 26.7 Å². The molecule has 0 saturated carbocycles. The zero-order valence-electron chi connectivity index (χ0n) is 8.59. The van der Waals surface area contributed by atoms with Crippen LogP contribution >= 0.6 is 0 Å². The molecule has 1 aromatic carbocycles. The number of sulfonamides is 1. The summed E-state index contributed by atoms with van der Waals surface area (Å²) in [6, 6.07) is 3.99. The Morgan fingerprint density at radius 2 is 2.06 bits per heavy atom. The van der Waals surface area contributed by atoms with E-state index in [2.05, 4.69) is 0 Å². The van der Waals surface area contributed by atoms with E-state index in [1.165, 1.54) is 18.2 Å². The second-order valence-electron chi connectivity index (χ2n) is 3.17. The molecule has 1 rings (SSSR count). The first-order valence-electron chi connectivity index (χ1n) is 4.61. The van der Waals surface area contributed by atoms with Crippen molar-refractivity contribution in [3.8, 4) is 5.75 Å². The van der Waals surface area contributed by atoms with Gasteiger partial charge in [0, 0.05) is 19.1 Å². The maximum absolute atomic E-state index is 11.1. The molecule has 0 spiro atoms. The molecule has 7 heteroatoms. The smallest absolute Gasteiger partial charge is 0.238 e. The SMILES string of the molecule is Nc1ccc(S(N)(=O)=O)cc1OCCCO. The minimum Gasteiger partial charge on any atom is -0.491 e. The number of benzene rings is 1. The van der Waals surface area contributed by atoms with Crippen LogP contribution < -0.4 is 15.6 Å². The maximum Gasteiger partial charge on any atom is 0.238 e. The van der Waals surface area contributed by atoms with Crippen LogP contribution in [0.3, 0.4) is 0 Å². The molecule has 0 unspecified atom stereocenters. The zero-order chi connectivity index (χ0) is 12.2. The van der Waals surface area contributed by atoms with E-state index < -0.39 is 10.0 Å². The van der Waals surface area contributed by atoms with Gasteiger partial charge < -0.3 is 15.6 Å². The number of hydrogen-bond acceptors (Lipinski definition) is 5. The number of primary sulfonamides is 1. The molecular weight excluding hydrogens is 232 g/mol. The van der Waals surface area contributed by atoms with Crippen LogP contribution in [0, 0.1) is 0 Å². The summed E-state index contributed by atoms with van der Waals surface area (Å²) in [6.07, 6.45) is 0.443. The van der Waals surface area contributed by atoms with Gasteiger partial charge in [-0.25, -0.2) is 13.6 Å². The van der Waals surface area contributed by atoms with E-state index in [0.29, 0.717) is 12.1 Å². The average molecular weight is 246 g/mol. The molecular formula is C9H14N2O4S. The molecule has 0 amide bonds. The molecule has 16 heavy (non-hydrogen) atoms. The van der Waals surface area contributed by atoms with E-state index in [4.69, 9.17) is 20.7 Å². The van der Waals surface area contributed by atoms with Crippen molar-refractivity contribution in [3.05, 3.63) is 18.2 Å².